The van der Waals surface area contributed by atoms with Crippen LogP contribution in [0.15, 0.2) is 40.3 Å². The third-order valence-corrected chi connectivity index (χ3v) is 4.30. The van der Waals surface area contributed by atoms with Crippen molar-refractivity contribution in [1.82, 2.24) is 4.98 Å². The van der Waals surface area contributed by atoms with Crippen LogP contribution >= 0.6 is 0 Å². The Labute approximate surface area is 149 Å². The summed E-state index contributed by atoms with van der Waals surface area (Å²) >= 11 is 0. The van der Waals surface area contributed by atoms with Crippen molar-refractivity contribution in [2.45, 2.75) is 46.2 Å². The van der Waals surface area contributed by atoms with Crippen molar-refractivity contribution in [1.29, 1.82) is 0 Å². The number of fused-ring (bicyclic) bond motifs is 1. The first kappa shape index (κ1) is 17.5. The van der Waals surface area contributed by atoms with E-state index in [2.05, 4.69) is 37.0 Å². The molecule has 25 heavy (non-hydrogen) atoms. The van der Waals surface area contributed by atoms with Crippen LogP contribution in [-0.2, 0) is 15.9 Å². The van der Waals surface area contributed by atoms with E-state index in [1.165, 1.54) is 5.39 Å². The van der Waals surface area contributed by atoms with Gasteiger partial charge in [-0.25, -0.2) is 9.98 Å². The molecular weight excluding hydrogens is 314 g/mol. The second-order valence-corrected chi connectivity index (χ2v) is 6.59. The van der Waals surface area contributed by atoms with Crippen LogP contribution in [-0.4, -0.2) is 42.1 Å². The van der Waals surface area contributed by atoms with E-state index in [1.54, 1.807) is 0 Å². The van der Waals surface area contributed by atoms with Crippen molar-refractivity contribution < 1.29 is 9.47 Å². The molecule has 1 aliphatic heterocycles. The highest BCUT2D eigenvalue weighted by molar-refractivity contribution is 5.94. The lowest BCUT2D eigenvalue weighted by molar-refractivity contribution is 0.275. The number of aliphatic imine (C=N–C) groups is 2. The summed E-state index contributed by atoms with van der Waals surface area (Å²) in [5.41, 5.74) is 2.26. The maximum Gasteiger partial charge on any atom is 0.210 e. The number of hydrogen-bond donors (Lipinski definition) is 1. The van der Waals surface area contributed by atoms with Gasteiger partial charge in [0.15, 0.2) is 0 Å². The standard InChI is InChI=1S/C20H27N3O2/c1-5-24-19-17(22-20(25-6-2)18(23-19)13(3)4)12-15-11-14-9-7-8-10-16(14)21-15/h7-11,13,17-18,21H,5-6,12H2,1-4H3/t17-,18+/m0/s1. The quantitative estimate of drug-likeness (QED) is 0.894. The summed E-state index contributed by atoms with van der Waals surface area (Å²) in [6.07, 6.45) is 0.717. The minimum atomic E-state index is -0.149. The highest BCUT2D eigenvalue weighted by atomic mass is 16.5. The maximum atomic E-state index is 5.82. The molecule has 3 rings (SSSR count). The summed E-state index contributed by atoms with van der Waals surface area (Å²) < 4.78 is 11.6. The van der Waals surface area contributed by atoms with Gasteiger partial charge in [-0.15, -0.1) is 0 Å². The number of benzene rings is 1. The molecule has 2 heterocycles. The van der Waals surface area contributed by atoms with Gasteiger partial charge in [-0.3, -0.25) is 0 Å². The van der Waals surface area contributed by atoms with Crippen LogP contribution in [0.4, 0.5) is 0 Å². The lowest BCUT2D eigenvalue weighted by atomic mass is 10.0. The Kier molecular flexibility index (Phi) is 5.41. The van der Waals surface area contributed by atoms with Crippen molar-refractivity contribution >= 4 is 22.7 Å². The number of nitrogens with one attached hydrogen (secondary N) is 1. The van der Waals surface area contributed by atoms with Crippen LogP contribution in [0.25, 0.3) is 10.9 Å². The number of aromatic amines is 1. The average molecular weight is 341 g/mol. The first-order chi connectivity index (χ1) is 12.1. The van der Waals surface area contributed by atoms with Gasteiger partial charge >= 0.3 is 0 Å². The molecule has 1 aromatic heterocycles. The minimum absolute atomic E-state index is 0.0690. The molecule has 0 bridgehead atoms. The van der Waals surface area contributed by atoms with Crippen molar-refractivity contribution in [3.05, 3.63) is 36.0 Å². The maximum absolute atomic E-state index is 5.82. The fraction of sp³-hybridized carbons (Fsp3) is 0.500. The van der Waals surface area contributed by atoms with Gasteiger partial charge in [-0.05, 0) is 37.3 Å². The SMILES string of the molecule is CCOC1=N[C@H](C(C)C)C(OCC)=N[C@H]1Cc1cc2ccccc2[nH]1. The van der Waals surface area contributed by atoms with Crippen LogP contribution in [0.3, 0.4) is 0 Å². The Morgan fingerprint density at radius 3 is 2.44 bits per heavy atom. The zero-order valence-corrected chi connectivity index (χ0v) is 15.5. The van der Waals surface area contributed by atoms with Gasteiger partial charge in [0, 0.05) is 17.6 Å². The zero-order chi connectivity index (χ0) is 17.8. The van der Waals surface area contributed by atoms with E-state index >= 15 is 0 Å². The van der Waals surface area contributed by atoms with Crippen molar-refractivity contribution in [2.75, 3.05) is 13.2 Å². The number of aromatic nitrogens is 1. The molecule has 1 N–H and O–H groups in total. The van der Waals surface area contributed by atoms with Crippen LogP contribution in [0.2, 0.25) is 0 Å². The topological polar surface area (TPSA) is 59.0 Å². The molecule has 2 aromatic rings. The van der Waals surface area contributed by atoms with E-state index in [0.717, 1.165) is 23.5 Å². The molecule has 0 aliphatic carbocycles. The van der Waals surface area contributed by atoms with Crippen LogP contribution in [0.5, 0.6) is 0 Å². The zero-order valence-electron chi connectivity index (χ0n) is 15.5. The average Bonchev–Trinajstić information content (AvgIpc) is 2.99. The van der Waals surface area contributed by atoms with E-state index in [9.17, 15) is 0 Å². The molecule has 5 heteroatoms. The molecule has 0 saturated heterocycles. The van der Waals surface area contributed by atoms with Gasteiger partial charge in [-0.2, -0.15) is 0 Å². The first-order valence-electron chi connectivity index (χ1n) is 9.10. The normalized spacial score (nSPS) is 20.5. The van der Waals surface area contributed by atoms with Gasteiger partial charge in [0.05, 0.1) is 13.2 Å². The lowest BCUT2D eigenvalue weighted by Crippen LogP contribution is -2.39. The molecule has 0 fully saturated rings. The molecule has 2 atom stereocenters. The molecule has 0 saturated carbocycles. The first-order valence-corrected chi connectivity index (χ1v) is 9.10. The van der Waals surface area contributed by atoms with Gasteiger partial charge in [0.2, 0.25) is 11.8 Å². The number of H-pyrrole nitrogens is 1. The fourth-order valence-corrected chi connectivity index (χ4v) is 3.13. The highest BCUT2D eigenvalue weighted by Gasteiger charge is 2.31. The van der Waals surface area contributed by atoms with Gasteiger partial charge in [0.1, 0.15) is 12.1 Å². The number of rotatable bonds is 5. The molecule has 5 nitrogen and oxygen atoms in total. The highest BCUT2D eigenvalue weighted by Crippen LogP contribution is 2.22. The van der Waals surface area contributed by atoms with Gasteiger partial charge < -0.3 is 14.5 Å². The van der Waals surface area contributed by atoms with Crippen LogP contribution in [0.1, 0.15) is 33.4 Å². The number of para-hydroxylation sites is 1. The van der Waals surface area contributed by atoms with E-state index in [-0.39, 0.29) is 12.1 Å². The van der Waals surface area contributed by atoms with Gasteiger partial charge in [0.25, 0.3) is 0 Å². The van der Waals surface area contributed by atoms with E-state index in [1.807, 2.05) is 26.0 Å². The van der Waals surface area contributed by atoms with E-state index in [4.69, 9.17) is 19.5 Å². The molecule has 1 aliphatic rings. The van der Waals surface area contributed by atoms with Crippen LogP contribution < -0.4 is 0 Å². The number of hydrogen-bond acceptors (Lipinski definition) is 4. The summed E-state index contributed by atoms with van der Waals surface area (Å²) in [6, 6.07) is 10.2. The Balaban J connectivity index is 1.89. The Morgan fingerprint density at radius 2 is 1.76 bits per heavy atom. The summed E-state index contributed by atoms with van der Waals surface area (Å²) in [5, 5.41) is 1.21. The number of ether oxygens (including phenoxy) is 2. The molecule has 0 unspecified atom stereocenters. The summed E-state index contributed by atoms with van der Waals surface area (Å²) in [5.74, 6) is 1.75. The molecule has 134 valence electrons. The van der Waals surface area contributed by atoms with Crippen molar-refractivity contribution in [3.63, 3.8) is 0 Å². The number of nitrogens with zero attached hydrogens (tertiary/aromatic N) is 2. The Hall–Kier alpha value is -2.30. The second kappa shape index (κ2) is 7.72. The predicted molar refractivity (Wildman–Crippen MR) is 103 cm³/mol. The second-order valence-electron chi connectivity index (χ2n) is 6.59. The summed E-state index contributed by atoms with van der Waals surface area (Å²) in [7, 11) is 0. The van der Waals surface area contributed by atoms with Crippen LogP contribution in [0, 0.1) is 5.92 Å². The fourth-order valence-electron chi connectivity index (χ4n) is 3.13. The molecule has 1 aromatic carbocycles. The molecule has 0 amide bonds. The van der Waals surface area contributed by atoms with Gasteiger partial charge in [-0.1, -0.05) is 32.0 Å². The third kappa shape index (κ3) is 3.86. The summed E-state index contributed by atoms with van der Waals surface area (Å²) in [4.78, 5) is 13.2. The predicted octanol–water partition coefficient (Wildman–Crippen LogP) is 3.99. The van der Waals surface area contributed by atoms with Crippen molar-refractivity contribution in [3.8, 4) is 0 Å². The van der Waals surface area contributed by atoms with E-state index < -0.39 is 0 Å². The lowest BCUT2D eigenvalue weighted by Gasteiger charge is -2.28. The smallest absolute Gasteiger partial charge is 0.210 e. The Morgan fingerprint density at radius 1 is 1.04 bits per heavy atom. The summed E-state index contributed by atoms with van der Waals surface area (Å²) in [6.45, 7) is 9.41. The molecule has 0 radical (unpaired) electrons. The Bertz CT molecular complexity index is 743. The third-order valence-electron chi connectivity index (χ3n) is 4.30. The monoisotopic (exact) mass is 341 g/mol. The molecule has 0 spiro atoms. The molecular formula is C20H27N3O2. The van der Waals surface area contributed by atoms with Crippen molar-refractivity contribution in [2.24, 2.45) is 15.9 Å². The minimum Gasteiger partial charge on any atom is -0.480 e. The largest absolute Gasteiger partial charge is 0.480 e. The van der Waals surface area contributed by atoms with E-state index in [0.29, 0.717) is 25.0 Å².